The van der Waals surface area contributed by atoms with Gasteiger partial charge >= 0.3 is 0 Å². The van der Waals surface area contributed by atoms with Gasteiger partial charge in [-0.1, -0.05) is 13.8 Å². The number of carbonyl (C=O) groups is 2. The highest BCUT2D eigenvalue weighted by molar-refractivity contribution is 5.82. The van der Waals surface area contributed by atoms with E-state index in [1.54, 1.807) is 0 Å². The molecule has 3 unspecified atom stereocenters. The molecule has 1 amide bonds. The zero-order chi connectivity index (χ0) is 12.8. The monoisotopic (exact) mass is 241 g/mol. The highest BCUT2D eigenvalue weighted by atomic mass is 16.3. The van der Waals surface area contributed by atoms with Crippen molar-refractivity contribution in [2.24, 2.45) is 17.8 Å². The maximum Gasteiger partial charge on any atom is 0.224 e. The van der Waals surface area contributed by atoms with Crippen LogP contribution in [0.25, 0.3) is 0 Å². The number of hydrogen-bond donors (Lipinski definition) is 2. The zero-order valence-electron chi connectivity index (χ0n) is 10.7. The van der Waals surface area contributed by atoms with Crippen LogP contribution in [0.15, 0.2) is 0 Å². The van der Waals surface area contributed by atoms with Crippen molar-refractivity contribution in [2.75, 3.05) is 6.61 Å². The molecule has 0 saturated heterocycles. The lowest BCUT2D eigenvalue weighted by molar-refractivity contribution is -0.132. The summed E-state index contributed by atoms with van der Waals surface area (Å²) in [7, 11) is 0. The van der Waals surface area contributed by atoms with E-state index >= 15 is 0 Å². The molecular formula is C13H23NO3. The largest absolute Gasteiger partial charge is 0.394 e. The van der Waals surface area contributed by atoms with E-state index in [0.29, 0.717) is 12.3 Å². The van der Waals surface area contributed by atoms with Gasteiger partial charge in [0.2, 0.25) is 5.91 Å². The first-order chi connectivity index (χ1) is 8.12. The molecule has 0 spiro atoms. The number of amides is 1. The first-order valence-electron chi connectivity index (χ1n) is 6.48. The van der Waals surface area contributed by atoms with Crippen LogP contribution < -0.4 is 5.32 Å². The van der Waals surface area contributed by atoms with Gasteiger partial charge in [-0.15, -0.1) is 0 Å². The Balaban J connectivity index is 2.57. The highest BCUT2D eigenvalue weighted by Crippen LogP contribution is 2.32. The van der Waals surface area contributed by atoms with Crippen molar-refractivity contribution in [2.45, 2.75) is 45.6 Å². The van der Waals surface area contributed by atoms with Crippen molar-refractivity contribution in [3.05, 3.63) is 0 Å². The van der Waals surface area contributed by atoms with E-state index in [0.717, 1.165) is 25.5 Å². The van der Waals surface area contributed by atoms with Gasteiger partial charge in [0.05, 0.1) is 12.6 Å². The Morgan fingerprint density at radius 3 is 2.76 bits per heavy atom. The van der Waals surface area contributed by atoms with Crippen LogP contribution in [0.2, 0.25) is 0 Å². The molecule has 4 atom stereocenters. The van der Waals surface area contributed by atoms with E-state index in [2.05, 4.69) is 12.2 Å². The fourth-order valence-corrected chi connectivity index (χ4v) is 2.49. The SMILES string of the molecule is CC[C@H](CO)NC(=O)C1CCC(C)CC1C=O. The first-order valence-corrected chi connectivity index (χ1v) is 6.48. The second kappa shape index (κ2) is 6.74. The lowest BCUT2D eigenvalue weighted by Gasteiger charge is -2.31. The van der Waals surface area contributed by atoms with Crippen molar-refractivity contribution in [1.29, 1.82) is 0 Å². The van der Waals surface area contributed by atoms with Crippen LogP contribution >= 0.6 is 0 Å². The summed E-state index contributed by atoms with van der Waals surface area (Å²) in [5.41, 5.74) is 0. The Morgan fingerprint density at radius 1 is 1.53 bits per heavy atom. The molecule has 4 nitrogen and oxygen atoms in total. The standard InChI is InChI=1S/C13H23NO3/c1-3-11(8-16)14-13(17)12-5-4-9(2)6-10(12)7-15/h7,9-12,16H,3-6,8H2,1-2H3,(H,14,17)/t9?,10?,11-,12?/m1/s1. The molecule has 98 valence electrons. The van der Waals surface area contributed by atoms with Gasteiger partial charge in [0.25, 0.3) is 0 Å². The predicted molar refractivity (Wildman–Crippen MR) is 65.4 cm³/mol. The highest BCUT2D eigenvalue weighted by Gasteiger charge is 2.33. The fourth-order valence-electron chi connectivity index (χ4n) is 2.49. The molecule has 1 fully saturated rings. The molecule has 0 aromatic heterocycles. The number of hydrogen-bond acceptors (Lipinski definition) is 3. The van der Waals surface area contributed by atoms with Crippen LogP contribution in [0, 0.1) is 17.8 Å². The maximum absolute atomic E-state index is 12.0. The van der Waals surface area contributed by atoms with Crippen LogP contribution in [0.1, 0.15) is 39.5 Å². The Bertz CT molecular complexity index is 263. The van der Waals surface area contributed by atoms with Gasteiger partial charge in [-0.05, 0) is 31.6 Å². The van der Waals surface area contributed by atoms with Gasteiger partial charge in [0.1, 0.15) is 6.29 Å². The quantitative estimate of drug-likeness (QED) is 0.709. The molecule has 4 heteroatoms. The predicted octanol–water partition coefficient (Wildman–Crippen LogP) is 1.12. The normalized spacial score (nSPS) is 30.6. The molecule has 0 radical (unpaired) electrons. The van der Waals surface area contributed by atoms with Gasteiger partial charge in [-0.3, -0.25) is 4.79 Å². The lowest BCUT2D eigenvalue weighted by Crippen LogP contribution is -2.44. The first kappa shape index (κ1) is 14.2. The summed E-state index contributed by atoms with van der Waals surface area (Å²) in [6.45, 7) is 3.99. The van der Waals surface area contributed by atoms with Crippen molar-refractivity contribution < 1.29 is 14.7 Å². The van der Waals surface area contributed by atoms with Crippen LogP contribution in [-0.4, -0.2) is 29.9 Å². The van der Waals surface area contributed by atoms with Crippen LogP contribution in [0.3, 0.4) is 0 Å². The molecule has 0 aromatic carbocycles. The van der Waals surface area contributed by atoms with Gasteiger partial charge < -0.3 is 15.2 Å². The van der Waals surface area contributed by atoms with Crippen LogP contribution in [0.4, 0.5) is 0 Å². The molecule has 1 aliphatic carbocycles. The second-order valence-corrected chi connectivity index (χ2v) is 5.12. The van der Waals surface area contributed by atoms with Crippen molar-refractivity contribution >= 4 is 12.2 Å². The number of aliphatic hydroxyl groups is 1. The Morgan fingerprint density at radius 2 is 2.24 bits per heavy atom. The minimum Gasteiger partial charge on any atom is -0.394 e. The van der Waals surface area contributed by atoms with Crippen molar-refractivity contribution in [3.8, 4) is 0 Å². The van der Waals surface area contributed by atoms with E-state index in [9.17, 15) is 9.59 Å². The summed E-state index contributed by atoms with van der Waals surface area (Å²) < 4.78 is 0. The smallest absolute Gasteiger partial charge is 0.224 e. The number of rotatable bonds is 5. The van der Waals surface area contributed by atoms with E-state index in [-0.39, 0.29) is 30.4 Å². The summed E-state index contributed by atoms with van der Waals surface area (Å²) in [6.07, 6.45) is 4.20. The molecule has 1 aliphatic rings. The number of carbonyl (C=O) groups excluding carboxylic acids is 2. The molecule has 0 heterocycles. The molecule has 1 rings (SSSR count). The van der Waals surface area contributed by atoms with E-state index in [1.165, 1.54) is 0 Å². The second-order valence-electron chi connectivity index (χ2n) is 5.12. The van der Waals surface area contributed by atoms with Crippen molar-refractivity contribution in [3.63, 3.8) is 0 Å². The fraction of sp³-hybridized carbons (Fsp3) is 0.846. The van der Waals surface area contributed by atoms with Crippen LogP contribution in [0.5, 0.6) is 0 Å². The minimum atomic E-state index is -0.204. The number of nitrogens with one attached hydrogen (secondary N) is 1. The Kier molecular flexibility index (Phi) is 5.62. The topological polar surface area (TPSA) is 66.4 Å². The van der Waals surface area contributed by atoms with Gasteiger partial charge in [0, 0.05) is 11.8 Å². The molecule has 2 N–H and O–H groups in total. The van der Waals surface area contributed by atoms with Gasteiger partial charge in [-0.2, -0.15) is 0 Å². The summed E-state index contributed by atoms with van der Waals surface area (Å²) >= 11 is 0. The number of aliphatic hydroxyl groups excluding tert-OH is 1. The lowest BCUT2D eigenvalue weighted by atomic mass is 9.75. The average Bonchev–Trinajstić information content (AvgIpc) is 2.35. The maximum atomic E-state index is 12.0. The van der Waals surface area contributed by atoms with E-state index < -0.39 is 0 Å². The molecule has 17 heavy (non-hydrogen) atoms. The third-order valence-corrected chi connectivity index (χ3v) is 3.73. The molecule has 1 saturated carbocycles. The van der Waals surface area contributed by atoms with E-state index in [1.807, 2.05) is 6.92 Å². The zero-order valence-corrected chi connectivity index (χ0v) is 10.7. The Labute approximate surface area is 103 Å². The van der Waals surface area contributed by atoms with Crippen LogP contribution in [-0.2, 0) is 9.59 Å². The summed E-state index contributed by atoms with van der Waals surface area (Å²) in [6, 6.07) is -0.186. The summed E-state index contributed by atoms with van der Waals surface area (Å²) in [4.78, 5) is 23.0. The molecule has 0 bridgehead atoms. The van der Waals surface area contributed by atoms with Crippen molar-refractivity contribution in [1.82, 2.24) is 5.32 Å². The third kappa shape index (κ3) is 3.80. The van der Waals surface area contributed by atoms with E-state index in [4.69, 9.17) is 5.11 Å². The summed E-state index contributed by atoms with van der Waals surface area (Å²) in [5.74, 6) is 0.0863. The minimum absolute atomic E-state index is 0.0445. The van der Waals surface area contributed by atoms with Gasteiger partial charge in [-0.25, -0.2) is 0 Å². The molecular weight excluding hydrogens is 218 g/mol. The van der Waals surface area contributed by atoms with Gasteiger partial charge in [0.15, 0.2) is 0 Å². The molecule has 0 aliphatic heterocycles. The Hall–Kier alpha value is -0.900. The molecule has 0 aromatic rings. The number of aldehydes is 1. The average molecular weight is 241 g/mol. The third-order valence-electron chi connectivity index (χ3n) is 3.73. The summed E-state index contributed by atoms with van der Waals surface area (Å²) in [5, 5.41) is 11.9.